The molecule has 6 heteroatoms. The van der Waals surface area contributed by atoms with Crippen molar-refractivity contribution in [2.45, 2.75) is 32.2 Å². The van der Waals surface area contributed by atoms with Crippen molar-refractivity contribution >= 4 is 22.5 Å². The standard InChI is InChI=1S/C20H18ClN5/c1-12-16-11-14(7-10-17(16)23-22-12)20-25-24-19-4-2-3-18(26(19)20)13-5-8-15(21)9-6-13/h5-11,18H,2-4H2,1H3,(H,22,23). The molecule has 0 fully saturated rings. The molecular formula is C20H18ClN5. The number of benzene rings is 2. The van der Waals surface area contributed by atoms with Crippen LogP contribution in [-0.2, 0) is 6.42 Å². The van der Waals surface area contributed by atoms with Crippen LogP contribution in [0.15, 0.2) is 42.5 Å². The minimum Gasteiger partial charge on any atom is -0.303 e. The first-order valence-electron chi connectivity index (χ1n) is 8.85. The number of aryl methyl sites for hydroxylation is 2. The third kappa shape index (κ3) is 2.42. The first-order chi connectivity index (χ1) is 12.7. The maximum Gasteiger partial charge on any atom is 0.164 e. The van der Waals surface area contributed by atoms with E-state index in [1.807, 2.05) is 25.1 Å². The Morgan fingerprint density at radius 2 is 1.96 bits per heavy atom. The number of rotatable bonds is 2. The summed E-state index contributed by atoms with van der Waals surface area (Å²) in [5, 5.41) is 18.3. The van der Waals surface area contributed by atoms with Crippen LogP contribution in [0.4, 0.5) is 0 Å². The molecule has 1 atom stereocenters. The fourth-order valence-electron chi connectivity index (χ4n) is 3.88. The molecule has 0 amide bonds. The van der Waals surface area contributed by atoms with Crippen LogP contribution in [0, 0.1) is 6.92 Å². The number of aromatic nitrogens is 5. The van der Waals surface area contributed by atoms with Gasteiger partial charge in [0.15, 0.2) is 5.82 Å². The summed E-state index contributed by atoms with van der Waals surface area (Å²) in [6.07, 6.45) is 3.15. The number of fused-ring (bicyclic) bond motifs is 2. The Hall–Kier alpha value is -2.66. The van der Waals surface area contributed by atoms with Gasteiger partial charge in [-0.3, -0.25) is 5.10 Å². The summed E-state index contributed by atoms with van der Waals surface area (Å²) in [5.41, 5.74) is 4.35. The Balaban J connectivity index is 1.66. The molecule has 26 heavy (non-hydrogen) atoms. The van der Waals surface area contributed by atoms with Crippen LogP contribution >= 0.6 is 11.6 Å². The van der Waals surface area contributed by atoms with Crippen LogP contribution in [0.1, 0.15) is 36.0 Å². The third-order valence-electron chi connectivity index (χ3n) is 5.21. The monoisotopic (exact) mass is 363 g/mol. The van der Waals surface area contributed by atoms with Crippen LogP contribution in [0.3, 0.4) is 0 Å². The lowest BCUT2D eigenvalue weighted by molar-refractivity contribution is 0.454. The fraction of sp³-hybridized carbons (Fsp3) is 0.250. The molecule has 130 valence electrons. The molecule has 2 aromatic carbocycles. The minimum absolute atomic E-state index is 0.238. The van der Waals surface area contributed by atoms with E-state index in [4.69, 9.17) is 11.6 Å². The summed E-state index contributed by atoms with van der Waals surface area (Å²) in [4.78, 5) is 0. The molecule has 5 rings (SSSR count). The quantitative estimate of drug-likeness (QED) is 0.561. The van der Waals surface area contributed by atoms with Gasteiger partial charge >= 0.3 is 0 Å². The average Bonchev–Trinajstić information content (AvgIpc) is 3.26. The largest absolute Gasteiger partial charge is 0.303 e. The Morgan fingerprint density at radius 1 is 1.12 bits per heavy atom. The van der Waals surface area contributed by atoms with Crippen LogP contribution in [0.25, 0.3) is 22.3 Å². The smallest absolute Gasteiger partial charge is 0.164 e. The van der Waals surface area contributed by atoms with E-state index < -0.39 is 0 Å². The maximum absolute atomic E-state index is 6.08. The van der Waals surface area contributed by atoms with Crippen molar-refractivity contribution in [2.24, 2.45) is 0 Å². The molecule has 1 aliphatic heterocycles. The lowest BCUT2D eigenvalue weighted by Gasteiger charge is -2.26. The van der Waals surface area contributed by atoms with E-state index in [9.17, 15) is 0 Å². The van der Waals surface area contributed by atoms with Gasteiger partial charge in [-0.25, -0.2) is 0 Å². The van der Waals surface area contributed by atoms with Gasteiger partial charge in [0, 0.05) is 28.1 Å². The van der Waals surface area contributed by atoms with Gasteiger partial charge in [0.05, 0.1) is 11.6 Å². The number of hydrogen-bond acceptors (Lipinski definition) is 3. The zero-order chi connectivity index (χ0) is 17.7. The van der Waals surface area contributed by atoms with Gasteiger partial charge in [0.25, 0.3) is 0 Å². The van der Waals surface area contributed by atoms with Crippen molar-refractivity contribution in [3.8, 4) is 11.4 Å². The highest BCUT2D eigenvalue weighted by molar-refractivity contribution is 6.30. The van der Waals surface area contributed by atoms with Gasteiger partial charge < -0.3 is 4.57 Å². The van der Waals surface area contributed by atoms with E-state index in [2.05, 4.69) is 49.2 Å². The molecule has 0 saturated heterocycles. The van der Waals surface area contributed by atoms with E-state index in [1.165, 1.54) is 5.56 Å². The second kappa shape index (κ2) is 5.95. The van der Waals surface area contributed by atoms with E-state index in [1.54, 1.807) is 0 Å². The molecule has 0 saturated carbocycles. The van der Waals surface area contributed by atoms with Crippen molar-refractivity contribution in [1.82, 2.24) is 25.0 Å². The molecule has 1 aliphatic rings. The van der Waals surface area contributed by atoms with Crippen molar-refractivity contribution in [3.63, 3.8) is 0 Å². The molecule has 4 aromatic rings. The number of halogens is 1. The fourth-order valence-corrected chi connectivity index (χ4v) is 4.01. The molecule has 0 bridgehead atoms. The van der Waals surface area contributed by atoms with Gasteiger partial charge in [-0.15, -0.1) is 10.2 Å². The Labute approximate surface area is 156 Å². The maximum atomic E-state index is 6.08. The Morgan fingerprint density at radius 3 is 2.81 bits per heavy atom. The molecule has 1 N–H and O–H groups in total. The van der Waals surface area contributed by atoms with Gasteiger partial charge in [-0.2, -0.15) is 5.10 Å². The number of H-pyrrole nitrogens is 1. The minimum atomic E-state index is 0.238. The lowest BCUT2D eigenvalue weighted by atomic mass is 9.96. The number of aromatic amines is 1. The van der Waals surface area contributed by atoms with Crippen molar-refractivity contribution in [3.05, 3.63) is 64.6 Å². The van der Waals surface area contributed by atoms with Crippen LogP contribution < -0.4 is 0 Å². The molecule has 0 radical (unpaired) electrons. The highest BCUT2D eigenvalue weighted by Crippen LogP contribution is 2.35. The normalized spacial score (nSPS) is 16.8. The van der Waals surface area contributed by atoms with E-state index in [0.717, 1.165) is 58.1 Å². The van der Waals surface area contributed by atoms with Gasteiger partial charge in [-0.1, -0.05) is 23.7 Å². The molecule has 2 aromatic heterocycles. The summed E-state index contributed by atoms with van der Waals surface area (Å²) in [5.74, 6) is 1.97. The summed E-state index contributed by atoms with van der Waals surface area (Å²) in [6, 6.07) is 14.6. The van der Waals surface area contributed by atoms with Crippen molar-refractivity contribution in [2.75, 3.05) is 0 Å². The first kappa shape index (κ1) is 15.6. The number of nitrogens with zero attached hydrogens (tertiary/aromatic N) is 4. The molecule has 0 aliphatic carbocycles. The number of hydrogen-bond donors (Lipinski definition) is 1. The van der Waals surface area contributed by atoms with Crippen LogP contribution in [0.2, 0.25) is 5.02 Å². The highest BCUT2D eigenvalue weighted by atomic mass is 35.5. The number of nitrogens with one attached hydrogen (secondary N) is 1. The Kier molecular flexibility index (Phi) is 3.57. The van der Waals surface area contributed by atoms with Crippen molar-refractivity contribution in [1.29, 1.82) is 0 Å². The van der Waals surface area contributed by atoms with Crippen molar-refractivity contribution < 1.29 is 0 Å². The third-order valence-corrected chi connectivity index (χ3v) is 5.47. The summed E-state index contributed by atoms with van der Waals surface area (Å²) in [6.45, 7) is 2.04. The first-order valence-corrected chi connectivity index (χ1v) is 9.23. The highest BCUT2D eigenvalue weighted by Gasteiger charge is 2.26. The van der Waals surface area contributed by atoms with E-state index >= 15 is 0 Å². The molecule has 5 nitrogen and oxygen atoms in total. The molecular weight excluding hydrogens is 346 g/mol. The zero-order valence-corrected chi connectivity index (χ0v) is 15.2. The van der Waals surface area contributed by atoms with E-state index in [0.29, 0.717) is 0 Å². The van der Waals surface area contributed by atoms with Crippen LogP contribution in [0.5, 0.6) is 0 Å². The predicted octanol–water partition coefficient (Wildman–Crippen LogP) is 4.71. The second-order valence-electron chi connectivity index (χ2n) is 6.85. The predicted molar refractivity (Wildman–Crippen MR) is 102 cm³/mol. The average molecular weight is 364 g/mol. The topological polar surface area (TPSA) is 59.4 Å². The molecule has 3 heterocycles. The lowest BCUT2D eigenvalue weighted by Crippen LogP contribution is -2.20. The summed E-state index contributed by atoms with van der Waals surface area (Å²) < 4.78 is 2.29. The van der Waals surface area contributed by atoms with Crippen LogP contribution in [-0.4, -0.2) is 25.0 Å². The SMILES string of the molecule is Cc1[nH]nc2ccc(-c3nnc4n3C(c3ccc(Cl)cc3)CCC4)cc12. The zero-order valence-electron chi connectivity index (χ0n) is 14.4. The molecule has 1 unspecified atom stereocenters. The summed E-state index contributed by atoms with van der Waals surface area (Å²) >= 11 is 6.08. The second-order valence-corrected chi connectivity index (χ2v) is 7.29. The van der Waals surface area contributed by atoms with Gasteiger partial charge in [0.2, 0.25) is 0 Å². The Bertz CT molecular complexity index is 1090. The molecule has 0 spiro atoms. The van der Waals surface area contributed by atoms with E-state index in [-0.39, 0.29) is 6.04 Å². The summed E-state index contributed by atoms with van der Waals surface area (Å²) in [7, 11) is 0. The van der Waals surface area contributed by atoms with Gasteiger partial charge in [-0.05, 0) is 55.7 Å². The van der Waals surface area contributed by atoms with Gasteiger partial charge in [0.1, 0.15) is 5.82 Å².